The van der Waals surface area contributed by atoms with Crippen molar-refractivity contribution in [3.05, 3.63) is 59.7 Å². The van der Waals surface area contributed by atoms with E-state index in [1.807, 2.05) is 6.92 Å². The first-order chi connectivity index (χ1) is 16.6. The number of benzene rings is 2. The van der Waals surface area contributed by atoms with Crippen LogP contribution in [0.1, 0.15) is 43.7 Å². The van der Waals surface area contributed by atoms with Crippen molar-refractivity contribution in [3.8, 4) is 12.3 Å². The number of carbonyl (C=O) groups excluding carboxylic acids is 2. The van der Waals surface area contributed by atoms with Gasteiger partial charge in [0.1, 0.15) is 5.54 Å². The zero-order chi connectivity index (χ0) is 23.7. The van der Waals surface area contributed by atoms with Gasteiger partial charge in [0, 0.05) is 50.5 Å². The molecule has 5 rings (SSSR count). The van der Waals surface area contributed by atoms with E-state index in [9.17, 15) is 9.59 Å². The smallest absolute Gasteiger partial charge is 0.332 e. The van der Waals surface area contributed by atoms with Crippen LogP contribution < -0.4 is 9.80 Å². The Morgan fingerprint density at radius 3 is 2.09 bits per heavy atom. The van der Waals surface area contributed by atoms with Crippen molar-refractivity contribution in [1.82, 2.24) is 9.80 Å². The van der Waals surface area contributed by atoms with Gasteiger partial charge in [-0.05, 0) is 74.6 Å². The number of likely N-dealkylation sites (N-methyl/N-ethyl adjacent to an activating group) is 1. The highest BCUT2D eigenvalue weighted by molar-refractivity contribution is 6.23. The van der Waals surface area contributed by atoms with Crippen molar-refractivity contribution in [3.63, 3.8) is 0 Å². The van der Waals surface area contributed by atoms with E-state index >= 15 is 0 Å². The van der Waals surface area contributed by atoms with E-state index in [2.05, 4.69) is 40.0 Å². The van der Waals surface area contributed by atoms with E-state index in [4.69, 9.17) is 6.42 Å². The number of hydrogen-bond donors (Lipinski definition) is 0. The molecule has 176 valence electrons. The number of amides is 3. The van der Waals surface area contributed by atoms with Gasteiger partial charge in [-0.1, -0.05) is 18.1 Å². The normalized spacial score (nSPS) is 20.4. The monoisotopic (exact) mass is 456 g/mol. The Hall–Kier alpha value is -3.30. The van der Waals surface area contributed by atoms with Gasteiger partial charge in [0.25, 0.3) is 5.91 Å². The molecule has 3 aliphatic rings. The predicted molar refractivity (Wildman–Crippen MR) is 135 cm³/mol. The van der Waals surface area contributed by atoms with Crippen LogP contribution in [0.5, 0.6) is 0 Å². The number of likely N-dealkylation sites (tertiary alicyclic amines) is 1. The van der Waals surface area contributed by atoms with Gasteiger partial charge in [-0.3, -0.25) is 9.69 Å². The minimum atomic E-state index is -0.757. The molecule has 3 aliphatic heterocycles. The third-order valence-electron chi connectivity index (χ3n) is 7.65. The molecule has 0 aliphatic carbocycles. The summed E-state index contributed by atoms with van der Waals surface area (Å²) in [5.74, 6) is 2.47. The molecule has 6 nitrogen and oxygen atoms in total. The van der Waals surface area contributed by atoms with Crippen molar-refractivity contribution in [2.45, 2.75) is 44.7 Å². The molecular weight excluding hydrogens is 424 g/mol. The van der Waals surface area contributed by atoms with Gasteiger partial charge in [-0.2, -0.15) is 0 Å². The Labute approximate surface area is 202 Å². The molecule has 0 radical (unpaired) electrons. The minimum Gasteiger partial charge on any atom is -0.372 e. The van der Waals surface area contributed by atoms with Crippen molar-refractivity contribution in [2.24, 2.45) is 0 Å². The first-order valence-corrected chi connectivity index (χ1v) is 12.3. The minimum absolute atomic E-state index is 0.109. The number of carbonyl (C=O) groups is 2. The van der Waals surface area contributed by atoms with E-state index in [1.54, 1.807) is 29.2 Å². The van der Waals surface area contributed by atoms with Crippen molar-refractivity contribution < 1.29 is 9.59 Å². The predicted octanol–water partition coefficient (Wildman–Crippen LogP) is 4.09. The molecule has 0 aromatic heterocycles. The molecule has 3 heterocycles. The number of urea groups is 1. The number of piperidine rings is 1. The van der Waals surface area contributed by atoms with Gasteiger partial charge in [-0.25, -0.2) is 9.69 Å². The van der Waals surface area contributed by atoms with Crippen LogP contribution >= 0.6 is 0 Å². The van der Waals surface area contributed by atoms with Crippen LogP contribution in [0.15, 0.2) is 48.5 Å². The second kappa shape index (κ2) is 9.15. The molecule has 0 unspecified atom stereocenters. The lowest BCUT2D eigenvalue weighted by Crippen LogP contribution is -2.56. The standard InChI is InChI=1S/C28H32N4O2/c1-3-22-7-13-25(14-8-22)32-26(33)28(31(4-2)27(32)34)15-19-29(20-16-28)21-23-9-11-24(12-10-23)30-17-5-6-18-30/h1,7-14H,4-6,15-21H2,2H3. The third kappa shape index (κ3) is 3.84. The Bertz CT molecular complexity index is 1090. The molecule has 0 N–H and O–H groups in total. The van der Waals surface area contributed by atoms with Gasteiger partial charge >= 0.3 is 6.03 Å². The number of anilines is 2. The number of hydrogen-bond acceptors (Lipinski definition) is 4. The summed E-state index contributed by atoms with van der Waals surface area (Å²) in [6, 6.07) is 15.7. The van der Waals surface area contributed by atoms with Crippen molar-refractivity contribution >= 4 is 23.3 Å². The largest absolute Gasteiger partial charge is 0.372 e. The fourth-order valence-corrected chi connectivity index (χ4v) is 5.70. The average Bonchev–Trinajstić information content (AvgIpc) is 3.47. The van der Waals surface area contributed by atoms with Gasteiger partial charge < -0.3 is 9.80 Å². The van der Waals surface area contributed by atoms with Gasteiger partial charge in [0.05, 0.1) is 5.69 Å². The Balaban J connectivity index is 1.27. The molecule has 2 aromatic carbocycles. The topological polar surface area (TPSA) is 47.1 Å². The zero-order valence-corrected chi connectivity index (χ0v) is 19.9. The van der Waals surface area contributed by atoms with Crippen molar-refractivity contribution in [2.75, 3.05) is 42.5 Å². The maximum Gasteiger partial charge on any atom is 0.332 e. The fourth-order valence-electron chi connectivity index (χ4n) is 5.70. The van der Waals surface area contributed by atoms with E-state index < -0.39 is 5.54 Å². The summed E-state index contributed by atoms with van der Waals surface area (Å²) in [6.45, 7) is 7.20. The van der Waals surface area contributed by atoms with Gasteiger partial charge in [-0.15, -0.1) is 6.42 Å². The van der Waals surface area contributed by atoms with Crippen molar-refractivity contribution in [1.29, 1.82) is 0 Å². The molecule has 2 aromatic rings. The lowest BCUT2D eigenvalue weighted by atomic mass is 9.85. The average molecular weight is 457 g/mol. The molecule has 1 spiro atoms. The zero-order valence-electron chi connectivity index (χ0n) is 19.9. The first kappa shape index (κ1) is 22.5. The summed E-state index contributed by atoms with van der Waals surface area (Å²) in [5, 5.41) is 0. The number of nitrogens with zero attached hydrogens (tertiary/aromatic N) is 4. The Kier molecular flexibility index (Phi) is 6.05. The molecule has 3 fully saturated rings. The summed E-state index contributed by atoms with van der Waals surface area (Å²) in [7, 11) is 0. The van der Waals surface area contributed by atoms with Crippen LogP contribution in [-0.2, 0) is 11.3 Å². The van der Waals surface area contributed by atoms with E-state index in [-0.39, 0.29) is 11.9 Å². The highest BCUT2D eigenvalue weighted by atomic mass is 16.2. The quantitative estimate of drug-likeness (QED) is 0.502. The first-order valence-electron chi connectivity index (χ1n) is 12.3. The molecule has 0 bridgehead atoms. The van der Waals surface area contributed by atoms with Crippen LogP contribution in [-0.4, -0.2) is 60.0 Å². The molecule has 0 saturated carbocycles. The van der Waals surface area contributed by atoms with Crippen LogP contribution in [0.2, 0.25) is 0 Å². The summed E-state index contributed by atoms with van der Waals surface area (Å²) < 4.78 is 0. The summed E-state index contributed by atoms with van der Waals surface area (Å²) in [5.41, 5.74) is 3.15. The summed E-state index contributed by atoms with van der Waals surface area (Å²) in [4.78, 5) is 34.9. The van der Waals surface area contributed by atoms with Crippen LogP contribution in [0.4, 0.5) is 16.2 Å². The second-order valence-electron chi connectivity index (χ2n) is 9.53. The fraction of sp³-hybridized carbons (Fsp3) is 0.429. The van der Waals surface area contributed by atoms with E-state index in [0.717, 1.165) is 38.3 Å². The van der Waals surface area contributed by atoms with Crippen LogP contribution in [0.25, 0.3) is 0 Å². The third-order valence-corrected chi connectivity index (χ3v) is 7.65. The maximum absolute atomic E-state index is 13.6. The summed E-state index contributed by atoms with van der Waals surface area (Å²) >= 11 is 0. The van der Waals surface area contributed by atoms with Gasteiger partial charge in [0.15, 0.2) is 0 Å². The van der Waals surface area contributed by atoms with Crippen LogP contribution in [0.3, 0.4) is 0 Å². The Morgan fingerprint density at radius 1 is 0.882 bits per heavy atom. The molecule has 3 saturated heterocycles. The molecule has 6 heteroatoms. The molecular formula is C28H32N4O2. The molecule has 3 amide bonds. The lowest BCUT2D eigenvalue weighted by Gasteiger charge is -2.41. The molecule has 34 heavy (non-hydrogen) atoms. The number of rotatable bonds is 5. The SMILES string of the molecule is C#Cc1ccc(N2C(=O)N(CC)C3(CCN(Cc4ccc(N5CCCC5)cc4)CC3)C2=O)cc1. The maximum atomic E-state index is 13.6. The van der Waals surface area contributed by atoms with Crippen LogP contribution in [0, 0.1) is 12.3 Å². The van der Waals surface area contributed by atoms with E-state index in [0.29, 0.717) is 25.1 Å². The highest BCUT2D eigenvalue weighted by Crippen LogP contribution is 2.39. The second-order valence-corrected chi connectivity index (χ2v) is 9.53. The summed E-state index contributed by atoms with van der Waals surface area (Å²) in [6.07, 6.45) is 9.31. The number of terminal acetylenes is 1. The molecule has 0 atom stereocenters. The highest BCUT2D eigenvalue weighted by Gasteiger charge is 2.57. The van der Waals surface area contributed by atoms with Gasteiger partial charge in [0.2, 0.25) is 0 Å². The lowest BCUT2D eigenvalue weighted by molar-refractivity contribution is -0.127. The Morgan fingerprint density at radius 2 is 1.50 bits per heavy atom. The van der Waals surface area contributed by atoms with E-state index in [1.165, 1.54) is 29.0 Å². The number of imide groups is 1.